The number of hydrogen-bond acceptors (Lipinski definition) is 4. The number of nitrogens with zero attached hydrogens (tertiary/aromatic N) is 1. The van der Waals surface area contributed by atoms with Crippen molar-refractivity contribution in [1.29, 1.82) is 0 Å². The monoisotopic (exact) mass is 269 g/mol. The van der Waals surface area contributed by atoms with Gasteiger partial charge in [0.2, 0.25) is 0 Å². The first-order valence-corrected chi connectivity index (χ1v) is 5.97. The van der Waals surface area contributed by atoms with Crippen molar-refractivity contribution in [3.05, 3.63) is 49.8 Å². The molecule has 5 nitrogen and oxygen atoms in total. The molecular formula is C10H8ClN3O2S. The van der Waals surface area contributed by atoms with E-state index in [9.17, 15) is 9.59 Å². The molecule has 1 amide bonds. The summed E-state index contributed by atoms with van der Waals surface area (Å²) in [5, 5.41) is 4.67. The number of H-pyrrole nitrogens is 1. The van der Waals surface area contributed by atoms with E-state index in [4.69, 9.17) is 11.6 Å². The standard InChI is InChI=1S/C10H8ClN3O2S/c11-8-2-1-6(3-12-8)9(15)13-4-7-5-17-10(16)14-7/h1-3,5H,4H2,(H,13,15)(H,14,16). The molecule has 2 heterocycles. The fourth-order valence-electron chi connectivity index (χ4n) is 1.19. The Balaban J connectivity index is 1.98. The first-order chi connectivity index (χ1) is 8.15. The number of carbonyl (C=O) groups excluding carboxylic acids is 1. The molecule has 0 atom stereocenters. The van der Waals surface area contributed by atoms with Gasteiger partial charge in [0.05, 0.1) is 12.1 Å². The summed E-state index contributed by atoms with van der Waals surface area (Å²) in [5.41, 5.74) is 1.10. The van der Waals surface area contributed by atoms with Crippen LogP contribution in [0.4, 0.5) is 0 Å². The highest BCUT2D eigenvalue weighted by atomic mass is 35.5. The topological polar surface area (TPSA) is 74.8 Å². The lowest BCUT2D eigenvalue weighted by molar-refractivity contribution is 0.0950. The molecule has 0 spiro atoms. The molecule has 0 radical (unpaired) electrons. The number of halogens is 1. The summed E-state index contributed by atoms with van der Waals surface area (Å²) < 4.78 is 0. The van der Waals surface area contributed by atoms with Crippen molar-refractivity contribution in [3.8, 4) is 0 Å². The summed E-state index contributed by atoms with van der Waals surface area (Å²) in [6.07, 6.45) is 1.40. The van der Waals surface area contributed by atoms with Gasteiger partial charge >= 0.3 is 4.87 Å². The second-order valence-electron chi connectivity index (χ2n) is 3.23. The van der Waals surface area contributed by atoms with Gasteiger partial charge in [0, 0.05) is 17.3 Å². The van der Waals surface area contributed by atoms with Crippen LogP contribution in [0.15, 0.2) is 28.5 Å². The number of carbonyl (C=O) groups is 1. The van der Waals surface area contributed by atoms with Gasteiger partial charge in [-0.1, -0.05) is 22.9 Å². The van der Waals surface area contributed by atoms with Crippen LogP contribution >= 0.6 is 22.9 Å². The van der Waals surface area contributed by atoms with Crippen molar-refractivity contribution >= 4 is 28.8 Å². The minimum absolute atomic E-state index is 0.137. The molecule has 0 saturated heterocycles. The van der Waals surface area contributed by atoms with E-state index >= 15 is 0 Å². The number of pyridine rings is 1. The summed E-state index contributed by atoms with van der Waals surface area (Å²) >= 11 is 6.67. The van der Waals surface area contributed by atoms with Crippen molar-refractivity contribution in [1.82, 2.24) is 15.3 Å². The zero-order chi connectivity index (χ0) is 12.3. The van der Waals surface area contributed by atoms with Crippen LogP contribution in [0.25, 0.3) is 0 Å². The van der Waals surface area contributed by atoms with Crippen LogP contribution in [0, 0.1) is 0 Å². The second-order valence-corrected chi connectivity index (χ2v) is 4.46. The van der Waals surface area contributed by atoms with E-state index in [0.29, 0.717) is 16.4 Å². The second kappa shape index (κ2) is 5.11. The molecule has 17 heavy (non-hydrogen) atoms. The lowest BCUT2D eigenvalue weighted by Gasteiger charge is -2.02. The van der Waals surface area contributed by atoms with E-state index < -0.39 is 0 Å². The predicted molar refractivity (Wildman–Crippen MR) is 65.4 cm³/mol. The van der Waals surface area contributed by atoms with Crippen LogP contribution in [0.2, 0.25) is 5.15 Å². The molecule has 2 aromatic heterocycles. The van der Waals surface area contributed by atoms with E-state index in [1.165, 1.54) is 6.20 Å². The lowest BCUT2D eigenvalue weighted by Crippen LogP contribution is -2.23. The number of rotatable bonds is 3. The maximum absolute atomic E-state index is 11.7. The van der Waals surface area contributed by atoms with Crippen LogP contribution in [0.3, 0.4) is 0 Å². The number of amides is 1. The Morgan fingerprint density at radius 3 is 2.94 bits per heavy atom. The van der Waals surface area contributed by atoms with Gasteiger partial charge < -0.3 is 10.3 Å². The summed E-state index contributed by atoms with van der Waals surface area (Å²) in [4.78, 5) is 28.8. The number of aromatic nitrogens is 2. The Labute approximate surface area is 105 Å². The van der Waals surface area contributed by atoms with E-state index in [1.54, 1.807) is 17.5 Å². The summed E-state index contributed by atoms with van der Waals surface area (Å²) in [5.74, 6) is -0.263. The highest BCUT2D eigenvalue weighted by molar-refractivity contribution is 7.07. The van der Waals surface area contributed by atoms with E-state index in [2.05, 4.69) is 15.3 Å². The normalized spacial score (nSPS) is 10.2. The van der Waals surface area contributed by atoms with Crippen molar-refractivity contribution in [2.45, 2.75) is 6.54 Å². The molecule has 0 fully saturated rings. The SMILES string of the molecule is O=C(NCc1csc(=O)[nH]1)c1ccc(Cl)nc1. The Morgan fingerprint density at radius 1 is 1.53 bits per heavy atom. The van der Waals surface area contributed by atoms with Crippen molar-refractivity contribution < 1.29 is 4.79 Å². The molecule has 0 bridgehead atoms. The van der Waals surface area contributed by atoms with E-state index in [0.717, 1.165) is 11.3 Å². The smallest absolute Gasteiger partial charge is 0.304 e. The van der Waals surface area contributed by atoms with Gasteiger partial charge in [-0.15, -0.1) is 0 Å². The molecule has 88 valence electrons. The van der Waals surface area contributed by atoms with Gasteiger partial charge in [-0.25, -0.2) is 4.98 Å². The first-order valence-electron chi connectivity index (χ1n) is 4.71. The predicted octanol–water partition coefficient (Wildman–Crippen LogP) is 1.41. The van der Waals surface area contributed by atoms with Crippen molar-refractivity contribution in [2.24, 2.45) is 0 Å². The third-order valence-electron chi connectivity index (χ3n) is 2.00. The molecule has 0 aliphatic carbocycles. The zero-order valence-corrected chi connectivity index (χ0v) is 10.1. The fraction of sp³-hybridized carbons (Fsp3) is 0.100. The molecule has 0 aliphatic heterocycles. The number of thiazole rings is 1. The molecule has 0 saturated carbocycles. The largest absolute Gasteiger partial charge is 0.346 e. The molecule has 2 N–H and O–H groups in total. The summed E-state index contributed by atoms with van der Waals surface area (Å²) in [6, 6.07) is 3.13. The van der Waals surface area contributed by atoms with Gasteiger partial charge in [0.25, 0.3) is 5.91 Å². The Kier molecular flexibility index (Phi) is 3.55. The quantitative estimate of drug-likeness (QED) is 0.828. The van der Waals surface area contributed by atoms with Crippen molar-refractivity contribution in [2.75, 3.05) is 0 Å². The molecule has 0 aromatic carbocycles. The fourth-order valence-corrected chi connectivity index (χ4v) is 1.88. The molecule has 0 unspecified atom stereocenters. The Hall–Kier alpha value is -1.66. The highest BCUT2D eigenvalue weighted by Crippen LogP contribution is 2.05. The first kappa shape index (κ1) is 11.8. The van der Waals surface area contributed by atoms with Crippen molar-refractivity contribution in [3.63, 3.8) is 0 Å². The summed E-state index contributed by atoms with van der Waals surface area (Å²) in [6.45, 7) is 0.278. The number of hydrogen-bond donors (Lipinski definition) is 2. The van der Waals surface area contributed by atoms with Gasteiger partial charge in [-0.3, -0.25) is 9.59 Å². The molecule has 0 aliphatic rings. The van der Waals surface area contributed by atoms with E-state index in [-0.39, 0.29) is 17.3 Å². The third-order valence-corrected chi connectivity index (χ3v) is 2.94. The van der Waals surface area contributed by atoms with Crippen LogP contribution < -0.4 is 10.2 Å². The van der Waals surface area contributed by atoms with Crippen LogP contribution in [-0.2, 0) is 6.54 Å². The summed E-state index contributed by atoms with van der Waals surface area (Å²) in [7, 11) is 0. The van der Waals surface area contributed by atoms with Crippen LogP contribution in [0.1, 0.15) is 16.1 Å². The maximum atomic E-state index is 11.7. The van der Waals surface area contributed by atoms with Gasteiger partial charge in [-0.05, 0) is 12.1 Å². The minimum atomic E-state index is -0.263. The third kappa shape index (κ3) is 3.15. The van der Waals surface area contributed by atoms with Gasteiger partial charge in [0.15, 0.2) is 0 Å². The van der Waals surface area contributed by atoms with Crippen LogP contribution in [-0.4, -0.2) is 15.9 Å². The molecular weight excluding hydrogens is 262 g/mol. The average molecular weight is 270 g/mol. The van der Waals surface area contributed by atoms with E-state index in [1.807, 2.05) is 0 Å². The molecule has 7 heteroatoms. The van der Waals surface area contributed by atoms with Crippen LogP contribution in [0.5, 0.6) is 0 Å². The highest BCUT2D eigenvalue weighted by Gasteiger charge is 2.06. The van der Waals surface area contributed by atoms with Gasteiger partial charge in [-0.2, -0.15) is 0 Å². The lowest BCUT2D eigenvalue weighted by atomic mass is 10.2. The Bertz CT molecular complexity index is 576. The zero-order valence-electron chi connectivity index (χ0n) is 8.57. The molecule has 2 aromatic rings. The average Bonchev–Trinajstić information content (AvgIpc) is 2.73. The maximum Gasteiger partial charge on any atom is 0.304 e. The molecule has 2 rings (SSSR count). The minimum Gasteiger partial charge on any atom is -0.346 e. The number of aromatic amines is 1. The van der Waals surface area contributed by atoms with Gasteiger partial charge in [0.1, 0.15) is 5.15 Å². The Morgan fingerprint density at radius 2 is 2.35 bits per heavy atom. The number of nitrogens with one attached hydrogen (secondary N) is 2.